The molecule has 16 heavy (non-hydrogen) atoms. The van der Waals surface area contributed by atoms with Crippen molar-refractivity contribution in [2.24, 2.45) is 0 Å². The largest absolute Gasteiger partial charge is 0.459 e. The fourth-order valence-corrected chi connectivity index (χ4v) is 2.19. The van der Waals surface area contributed by atoms with E-state index in [1.807, 2.05) is 20.8 Å². The number of hydrogen-bond acceptors (Lipinski definition) is 5. The van der Waals surface area contributed by atoms with E-state index in [1.165, 1.54) is 0 Å². The van der Waals surface area contributed by atoms with Crippen LogP contribution < -0.4 is 5.32 Å². The van der Waals surface area contributed by atoms with Gasteiger partial charge in [0.25, 0.3) is 0 Å². The number of ether oxygens (including phenoxy) is 2. The van der Waals surface area contributed by atoms with E-state index in [0.717, 1.165) is 25.4 Å². The van der Waals surface area contributed by atoms with Gasteiger partial charge in [-0.05, 0) is 20.8 Å². The number of morpholine rings is 1. The molecule has 0 aliphatic carbocycles. The van der Waals surface area contributed by atoms with Gasteiger partial charge in [0.15, 0.2) is 0 Å². The van der Waals surface area contributed by atoms with Gasteiger partial charge < -0.3 is 14.8 Å². The Kier molecular flexibility index (Phi) is 5.58. The zero-order valence-corrected chi connectivity index (χ0v) is 11.1. The highest BCUT2D eigenvalue weighted by Gasteiger charge is 2.18. The Balaban J connectivity index is 2.08. The number of carbonyl (C=O) groups excluding carboxylic acids is 1. The van der Waals surface area contributed by atoms with E-state index in [0.29, 0.717) is 5.75 Å². The lowest BCUT2D eigenvalue weighted by Gasteiger charge is -2.23. The maximum atomic E-state index is 11.4. The van der Waals surface area contributed by atoms with Gasteiger partial charge in [0.1, 0.15) is 5.60 Å². The first-order chi connectivity index (χ1) is 7.47. The fraction of sp³-hybridized carbons (Fsp3) is 0.909. The summed E-state index contributed by atoms with van der Waals surface area (Å²) >= 11 is 1.57. The molecule has 0 aromatic heterocycles. The van der Waals surface area contributed by atoms with Gasteiger partial charge in [-0.25, -0.2) is 0 Å². The Morgan fingerprint density at radius 3 is 2.88 bits per heavy atom. The molecule has 1 rings (SSSR count). The normalized spacial score (nSPS) is 21.8. The second-order valence-corrected chi connectivity index (χ2v) is 5.83. The van der Waals surface area contributed by atoms with E-state index in [9.17, 15) is 4.79 Å². The third kappa shape index (κ3) is 6.35. The predicted octanol–water partition coefficient (Wildman–Crippen LogP) is 1.05. The molecule has 94 valence electrons. The molecule has 1 atom stereocenters. The highest BCUT2D eigenvalue weighted by Crippen LogP contribution is 2.12. The minimum atomic E-state index is -0.388. The third-order valence-corrected chi connectivity index (χ3v) is 3.00. The Morgan fingerprint density at radius 2 is 2.31 bits per heavy atom. The third-order valence-electron chi connectivity index (χ3n) is 1.95. The number of thioether (sulfide) groups is 1. The molecular weight excluding hydrogens is 226 g/mol. The average molecular weight is 247 g/mol. The van der Waals surface area contributed by atoms with Crippen LogP contribution in [0.25, 0.3) is 0 Å². The van der Waals surface area contributed by atoms with Crippen LogP contribution in [0.3, 0.4) is 0 Å². The van der Waals surface area contributed by atoms with Gasteiger partial charge in [-0.2, -0.15) is 0 Å². The number of esters is 1. The molecule has 1 unspecified atom stereocenters. The molecule has 1 heterocycles. The van der Waals surface area contributed by atoms with Gasteiger partial charge in [0.2, 0.25) is 0 Å². The molecule has 1 aliphatic heterocycles. The summed E-state index contributed by atoms with van der Waals surface area (Å²) in [6.07, 6.45) is 0.223. The summed E-state index contributed by atoms with van der Waals surface area (Å²) in [6, 6.07) is 0. The van der Waals surface area contributed by atoms with Crippen LogP contribution in [0.4, 0.5) is 0 Å². The maximum Gasteiger partial charge on any atom is 0.316 e. The van der Waals surface area contributed by atoms with Gasteiger partial charge >= 0.3 is 5.97 Å². The molecule has 0 bridgehead atoms. The average Bonchev–Trinajstić information content (AvgIpc) is 2.16. The molecule has 1 aliphatic rings. The smallest absolute Gasteiger partial charge is 0.316 e. The summed E-state index contributed by atoms with van der Waals surface area (Å²) < 4.78 is 10.7. The fourth-order valence-electron chi connectivity index (χ4n) is 1.37. The molecule has 0 radical (unpaired) electrons. The molecule has 4 nitrogen and oxygen atoms in total. The van der Waals surface area contributed by atoms with Crippen molar-refractivity contribution in [3.05, 3.63) is 0 Å². The van der Waals surface area contributed by atoms with Crippen molar-refractivity contribution in [2.45, 2.75) is 32.5 Å². The van der Waals surface area contributed by atoms with Gasteiger partial charge in [0.05, 0.1) is 18.5 Å². The zero-order valence-electron chi connectivity index (χ0n) is 10.2. The van der Waals surface area contributed by atoms with Gasteiger partial charge in [-0.1, -0.05) is 0 Å². The van der Waals surface area contributed by atoms with Crippen molar-refractivity contribution in [1.82, 2.24) is 5.32 Å². The lowest BCUT2D eigenvalue weighted by atomic mass is 10.2. The van der Waals surface area contributed by atoms with Crippen molar-refractivity contribution in [1.29, 1.82) is 0 Å². The summed E-state index contributed by atoms with van der Waals surface area (Å²) in [5, 5.41) is 3.26. The van der Waals surface area contributed by atoms with Crippen LogP contribution in [-0.2, 0) is 14.3 Å². The molecule has 0 aromatic carbocycles. The second-order valence-electron chi connectivity index (χ2n) is 4.80. The van der Waals surface area contributed by atoms with Gasteiger partial charge in [0, 0.05) is 18.8 Å². The van der Waals surface area contributed by atoms with E-state index >= 15 is 0 Å². The van der Waals surface area contributed by atoms with Crippen LogP contribution in [0.1, 0.15) is 20.8 Å². The van der Waals surface area contributed by atoms with E-state index in [-0.39, 0.29) is 17.7 Å². The minimum Gasteiger partial charge on any atom is -0.459 e. The first-order valence-electron chi connectivity index (χ1n) is 5.59. The standard InChI is InChI=1S/C11H21NO3S/c1-11(2,3)15-10(13)8-16-7-9-6-12-4-5-14-9/h9,12H,4-8H2,1-3H3. The van der Waals surface area contributed by atoms with Crippen LogP contribution in [0.2, 0.25) is 0 Å². The van der Waals surface area contributed by atoms with Crippen molar-refractivity contribution in [3.63, 3.8) is 0 Å². The molecule has 0 saturated carbocycles. The Labute approximate surface area is 101 Å². The Bertz CT molecular complexity index is 222. The summed E-state index contributed by atoms with van der Waals surface area (Å²) in [4.78, 5) is 11.4. The summed E-state index contributed by atoms with van der Waals surface area (Å²) in [6.45, 7) is 8.20. The number of nitrogens with one attached hydrogen (secondary N) is 1. The Hall–Kier alpha value is -0.260. The summed E-state index contributed by atoms with van der Waals surface area (Å²) in [5.41, 5.74) is -0.388. The van der Waals surface area contributed by atoms with Crippen molar-refractivity contribution in [3.8, 4) is 0 Å². The molecule has 5 heteroatoms. The molecule has 0 aromatic rings. The monoisotopic (exact) mass is 247 g/mol. The van der Waals surface area contributed by atoms with Crippen LogP contribution in [0, 0.1) is 0 Å². The topological polar surface area (TPSA) is 47.6 Å². The summed E-state index contributed by atoms with van der Waals surface area (Å²) in [5.74, 6) is 1.09. The van der Waals surface area contributed by atoms with E-state index in [1.54, 1.807) is 11.8 Å². The van der Waals surface area contributed by atoms with Crippen LogP contribution in [-0.4, -0.2) is 48.9 Å². The molecule has 1 fully saturated rings. The summed E-state index contributed by atoms with van der Waals surface area (Å²) in [7, 11) is 0. The lowest BCUT2D eigenvalue weighted by Crippen LogP contribution is -2.40. The van der Waals surface area contributed by atoms with Crippen LogP contribution >= 0.6 is 11.8 Å². The van der Waals surface area contributed by atoms with Gasteiger partial charge in [-0.15, -0.1) is 11.8 Å². The molecular formula is C11H21NO3S. The number of hydrogen-bond donors (Lipinski definition) is 1. The Morgan fingerprint density at radius 1 is 1.56 bits per heavy atom. The predicted molar refractivity (Wildman–Crippen MR) is 65.8 cm³/mol. The highest BCUT2D eigenvalue weighted by molar-refractivity contribution is 7.99. The van der Waals surface area contributed by atoms with E-state index in [2.05, 4.69) is 5.32 Å². The molecule has 0 amide bonds. The second kappa shape index (κ2) is 6.47. The van der Waals surface area contributed by atoms with Crippen molar-refractivity contribution < 1.29 is 14.3 Å². The zero-order chi connectivity index (χ0) is 12.0. The van der Waals surface area contributed by atoms with Gasteiger partial charge in [-0.3, -0.25) is 4.79 Å². The first-order valence-corrected chi connectivity index (χ1v) is 6.75. The van der Waals surface area contributed by atoms with E-state index in [4.69, 9.17) is 9.47 Å². The first kappa shape index (κ1) is 13.8. The number of rotatable bonds is 4. The molecule has 1 N–H and O–H groups in total. The number of carbonyl (C=O) groups is 1. The molecule has 0 spiro atoms. The highest BCUT2D eigenvalue weighted by atomic mass is 32.2. The van der Waals surface area contributed by atoms with Crippen molar-refractivity contribution >= 4 is 17.7 Å². The maximum absolute atomic E-state index is 11.4. The van der Waals surface area contributed by atoms with Crippen LogP contribution in [0.15, 0.2) is 0 Å². The minimum absolute atomic E-state index is 0.152. The van der Waals surface area contributed by atoms with E-state index < -0.39 is 0 Å². The van der Waals surface area contributed by atoms with Crippen molar-refractivity contribution in [2.75, 3.05) is 31.2 Å². The SMILES string of the molecule is CC(C)(C)OC(=O)CSCC1CNCCO1. The molecule has 1 saturated heterocycles. The lowest BCUT2D eigenvalue weighted by molar-refractivity contribution is -0.151. The quantitative estimate of drug-likeness (QED) is 0.752. The van der Waals surface area contributed by atoms with Crippen LogP contribution in [0.5, 0.6) is 0 Å².